The van der Waals surface area contributed by atoms with Crippen LogP contribution in [0.4, 0.5) is 0 Å². The highest BCUT2D eigenvalue weighted by molar-refractivity contribution is 7.89. The summed E-state index contributed by atoms with van der Waals surface area (Å²) < 4.78 is 25.0. The number of aliphatic imine (C=N–C) groups is 1. The first kappa shape index (κ1) is 21.2. The number of nitrogens with one attached hydrogen (secondary N) is 3. The van der Waals surface area contributed by atoms with E-state index >= 15 is 0 Å². The summed E-state index contributed by atoms with van der Waals surface area (Å²) in [6.07, 6.45) is 8.99. The van der Waals surface area contributed by atoms with Crippen LogP contribution in [-0.2, 0) is 10.0 Å². The Balaban J connectivity index is 3.56. The molecule has 0 fully saturated rings. The van der Waals surface area contributed by atoms with Crippen molar-refractivity contribution in [1.82, 2.24) is 15.4 Å². The van der Waals surface area contributed by atoms with E-state index in [0.717, 1.165) is 18.9 Å². The van der Waals surface area contributed by atoms with Gasteiger partial charge in [-0.25, -0.2) is 13.1 Å². The molecule has 7 heteroatoms. The van der Waals surface area contributed by atoms with E-state index in [9.17, 15) is 8.42 Å². The highest BCUT2D eigenvalue weighted by atomic mass is 32.2. The number of rotatable bonds is 13. The first-order valence-corrected chi connectivity index (χ1v) is 10.1. The van der Waals surface area contributed by atoms with E-state index in [1.807, 2.05) is 0 Å². The van der Waals surface area contributed by atoms with Crippen molar-refractivity contribution in [3.05, 3.63) is 0 Å². The predicted molar refractivity (Wildman–Crippen MR) is 94.8 cm³/mol. The monoisotopic (exact) mass is 334 g/mol. The molecule has 0 unspecified atom stereocenters. The fourth-order valence-corrected chi connectivity index (χ4v) is 2.62. The van der Waals surface area contributed by atoms with Crippen molar-refractivity contribution in [1.29, 1.82) is 0 Å². The van der Waals surface area contributed by atoms with E-state index in [-0.39, 0.29) is 5.75 Å². The molecular weight excluding hydrogens is 300 g/mol. The second kappa shape index (κ2) is 13.8. The van der Waals surface area contributed by atoms with Gasteiger partial charge in [-0.3, -0.25) is 4.99 Å². The van der Waals surface area contributed by atoms with Crippen LogP contribution < -0.4 is 15.4 Å². The molecule has 3 N–H and O–H groups in total. The quantitative estimate of drug-likeness (QED) is 0.273. The normalized spacial score (nSPS) is 12.4. The number of unbranched alkanes of at least 4 members (excludes halogenated alkanes) is 6. The zero-order valence-corrected chi connectivity index (χ0v) is 15.3. The van der Waals surface area contributed by atoms with Crippen molar-refractivity contribution in [2.24, 2.45) is 4.99 Å². The summed E-state index contributed by atoms with van der Waals surface area (Å²) in [5.41, 5.74) is 0. The lowest BCUT2D eigenvalue weighted by Crippen LogP contribution is -2.42. The molecule has 0 radical (unpaired) electrons. The first-order chi connectivity index (χ1) is 10.6. The average molecular weight is 335 g/mol. The van der Waals surface area contributed by atoms with Gasteiger partial charge < -0.3 is 10.6 Å². The topological polar surface area (TPSA) is 82.6 Å². The number of nitrogens with zero attached hydrogens (tertiary/aromatic N) is 1. The predicted octanol–water partition coefficient (Wildman–Crippen LogP) is 1.84. The molecule has 0 atom stereocenters. The maximum atomic E-state index is 11.3. The molecule has 0 spiro atoms. The van der Waals surface area contributed by atoms with E-state index in [2.05, 4.69) is 27.3 Å². The fourth-order valence-electron chi connectivity index (χ4n) is 2.00. The zero-order chi connectivity index (χ0) is 16.7. The molecule has 0 aromatic carbocycles. The van der Waals surface area contributed by atoms with Crippen LogP contribution >= 0.6 is 0 Å². The number of sulfonamides is 1. The van der Waals surface area contributed by atoms with Crippen molar-refractivity contribution in [3.63, 3.8) is 0 Å². The number of hydrogen-bond acceptors (Lipinski definition) is 3. The molecule has 22 heavy (non-hydrogen) atoms. The number of guanidine groups is 1. The molecule has 0 aliphatic heterocycles. The summed E-state index contributed by atoms with van der Waals surface area (Å²) in [6, 6.07) is 0. The Bertz CT molecular complexity index is 383. The second-order valence-corrected chi connectivity index (χ2v) is 7.44. The van der Waals surface area contributed by atoms with E-state index in [0.29, 0.717) is 13.1 Å². The standard InChI is InChI=1S/C15H34N4O2S/c1-4-6-7-8-9-10-11-12-17-15(16-3)18-13-14-19-22(20,21)5-2/h19H,4-14H2,1-3H3,(H2,16,17,18). The smallest absolute Gasteiger partial charge is 0.211 e. The van der Waals surface area contributed by atoms with Crippen LogP contribution in [-0.4, -0.2) is 46.8 Å². The Hall–Kier alpha value is -0.820. The Kier molecular flexibility index (Phi) is 13.3. The molecule has 0 rings (SSSR count). The van der Waals surface area contributed by atoms with Gasteiger partial charge in [0.25, 0.3) is 0 Å². The van der Waals surface area contributed by atoms with Crippen LogP contribution in [0.5, 0.6) is 0 Å². The Morgan fingerprint density at radius 1 is 0.864 bits per heavy atom. The van der Waals surface area contributed by atoms with Gasteiger partial charge in [0.05, 0.1) is 5.75 Å². The summed E-state index contributed by atoms with van der Waals surface area (Å²) >= 11 is 0. The van der Waals surface area contributed by atoms with Crippen molar-refractivity contribution in [2.45, 2.75) is 58.8 Å². The van der Waals surface area contributed by atoms with Crippen LogP contribution in [0.3, 0.4) is 0 Å². The third-order valence-electron chi connectivity index (χ3n) is 3.42. The van der Waals surface area contributed by atoms with Crippen LogP contribution in [0.25, 0.3) is 0 Å². The largest absolute Gasteiger partial charge is 0.356 e. The zero-order valence-electron chi connectivity index (χ0n) is 14.5. The van der Waals surface area contributed by atoms with Gasteiger partial charge in [0.15, 0.2) is 5.96 Å². The summed E-state index contributed by atoms with van der Waals surface area (Å²) in [6.45, 7) is 5.65. The lowest BCUT2D eigenvalue weighted by Gasteiger charge is -2.12. The third-order valence-corrected chi connectivity index (χ3v) is 4.82. The first-order valence-electron chi connectivity index (χ1n) is 8.47. The van der Waals surface area contributed by atoms with E-state index in [1.54, 1.807) is 14.0 Å². The average Bonchev–Trinajstić information content (AvgIpc) is 2.51. The van der Waals surface area contributed by atoms with Gasteiger partial charge in [0, 0.05) is 26.7 Å². The van der Waals surface area contributed by atoms with Gasteiger partial charge in [0.1, 0.15) is 0 Å². The van der Waals surface area contributed by atoms with E-state index in [1.165, 1.54) is 38.5 Å². The number of hydrogen-bond donors (Lipinski definition) is 3. The lowest BCUT2D eigenvalue weighted by atomic mass is 10.1. The van der Waals surface area contributed by atoms with Crippen LogP contribution in [0.15, 0.2) is 4.99 Å². The Morgan fingerprint density at radius 2 is 1.45 bits per heavy atom. The molecule has 0 aromatic heterocycles. The minimum atomic E-state index is -3.11. The molecule has 132 valence electrons. The van der Waals surface area contributed by atoms with Crippen molar-refractivity contribution in [3.8, 4) is 0 Å². The molecular formula is C15H34N4O2S. The summed E-state index contributed by atoms with van der Waals surface area (Å²) in [7, 11) is -1.39. The van der Waals surface area contributed by atoms with Gasteiger partial charge in [-0.15, -0.1) is 0 Å². The highest BCUT2D eigenvalue weighted by Crippen LogP contribution is 2.06. The summed E-state index contributed by atoms with van der Waals surface area (Å²) in [5, 5.41) is 6.34. The van der Waals surface area contributed by atoms with Gasteiger partial charge in [0.2, 0.25) is 10.0 Å². The van der Waals surface area contributed by atoms with Gasteiger partial charge in [-0.05, 0) is 13.3 Å². The summed E-state index contributed by atoms with van der Waals surface area (Å²) in [4.78, 5) is 4.12. The molecule has 0 amide bonds. The minimum absolute atomic E-state index is 0.109. The highest BCUT2D eigenvalue weighted by Gasteiger charge is 2.04. The fraction of sp³-hybridized carbons (Fsp3) is 0.933. The molecule has 0 saturated heterocycles. The second-order valence-electron chi connectivity index (χ2n) is 5.34. The van der Waals surface area contributed by atoms with E-state index in [4.69, 9.17) is 0 Å². The maximum absolute atomic E-state index is 11.3. The van der Waals surface area contributed by atoms with Gasteiger partial charge in [-0.1, -0.05) is 45.4 Å². The SMILES string of the molecule is CCCCCCCCCNC(=NC)NCCNS(=O)(=O)CC. The third kappa shape index (κ3) is 12.9. The lowest BCUT2D eigenvalue weighted by molar-refractivity contribution is 0.579. The molecule has 0 aromatic rings. The van der Waals surface area contributed by atoms with Crippen LogP contribution in [0, 0.1) is 0 Å². The van der Waals surface area contributed by atoms with E-state index < -0.39 is 10.0 Å². The Morgan fingerprint density at radius 3 is 2.05 bits per heavy atom. The molecule has 6 nitrogen and oxygen atoms in total. The molecule has 0 bridgehead atoms. The minimum Gasteiger partial charge on any atom is -0.356 e. The molecule has 0 aliphatic carbocycles. The maximum Gasteiger partial charge on any atom is 0.211 e. The van der Waals surface area contributed by atoms with Crippen LogP contribution in [0.1, 0.15) is 58.8 Å². The Labute approximate surface area is 136 Å². The van der Waals surface area contributed by atoms with Crippen LogP contribution in [0.2, 0.25) is 0 Å². The van der Waals surface area contributed by atoms with Crippen molar-refractivity contribution < 1.29 is 8.42 Å². The molecule has 0 saturated carbocycles. The van der Waals surface area contributed by atoms with Crippen molar-refractivity contribution >= 4 is 16.0 Å². The molecule has 0 aliphatic rings. The molecule has 0 heterocycles. The van der Waals surface area contributed by atoms with Crippen molar-refractivity contribution in [2.75, 3.05) is 32.4 Å². The summed E-state index contributed by atoms with van der Waals surface area (Å²) in [5.74, 6) is 0.833. The van der Waals surface area contributed by atoms with Gasteiger partial charge in [-0.2, -0.15) is 0 Å². The van der Waals surface area contributed by atoms with Gasteiger partial charge >= 0.3 is 0 Å².